The van der Waals surface area contributed by atoms with Gasteiger partial charge in [0.05, 0.1) is 10.0 Å². The zero-order valence-electron chi connectivity index (χ0n) is 12.1. The van der Waals surface area contributed by atoms with Gasteiger partial charge in [-0.2, -0.15) is 0 Å². The van der Waals surface area contributed by atoms with Crippen LogP contribution in [0.25, 0.3) is 0 Å². The Bertz CT molecular complexity index is 660. The molecule has 2 heterocycles. The van der Waals surface area contributed by atoms with Crippen molar-refractivity contribution >= 4 is 33.6 Å². The summed E-state index contributed by atoms with van der Waals surface area (Å²) in [6, 6.07) is 0. The summed E-state index contributed by atoms with van der Waals surface area (Å²) in [6.07, 6.45) is 5.53. The third-order valence-electron chi connectivity index (χ3n) is 3.81. The van der Waals surface area contributed by atoms with Gasteiger partial charge in [0.25, 0.3) is 5.91 Å². The van der Waals surface area contributed by atoms with Crippen LogP contribution in [0.4, 0.5) is 5.00 Å². The molecule has 3 rings (SSSR count). The van der Waals surface area contributed by atoms with Crippen molar-refractivity contribution in [1.29, 1.82) is 0 Å². The van der Waals surface area contributed by atoms with Crippen molar-refractivity contribution in [3.8, 4) is 0 Å². The highest BCUT2D eigenvalue weighted by molar-refractivity contribution is 7.16. The Hall–Kier alpha value is -1.24. The Balaban J connectivity index is 1.76. The van der Waals surface area contributed by atoms with E-state index in [0.717, 1.165) is 29.3 Å². The topological polar surface area (TPSA) is 68.0 Å². The van der Waals surface area contributed by atoms with Crippen molar-refractivity contribution in [2.24, 2.45) is 5.73 Å². The van der Waals surface area contributed by atoms with Crippen LogP contribution >= 0.6 is 22.7 Å². The maximum absolute atomic E-state index is 12.3. The molecule has 3 N–H and O–H groups in total. The van der Waals surface area contributed by atoms with Crippen LogP contribution in [-0.2, 0) is 19.3 Å². The Morgan fingerprint density at radius 2 is 2.24 bits per heavy atom. The van der Waals surface area contributed by atoms with E-state index in [-0.39, 0.29) is 5.91 Å². The van der Waals surface area contributed by atoms with Crippen molar-refractivity contribution in [3.05, 3.63) is 32.1 Å². The second kappa shape index (κ2) is 6.25. The zero-order chi connectivity index (χ0) is 14.8. The average Bonchev–Trinajstić information content (AvgIpc) is 3.06. The van der Waals surface area contributed by atoms with E-state index in [9.17, 15) is 4.79 Å². The van der Waals surface area contributed by atoms with Crippen molar-refractivity contribution in [2.75, 3.05) is 11.9 Å². The van der Waals surface area contributed by atoms with Gasteiger partial charge in [-0.3, -0.25) is 4.79 Å². The van der Waals surface area contributed by atoms with E-state index in [1.165, 1.54) is 40.2 Å². The summed E-state index contributed by atoms with van der Waals surface area (Å²) in [6.45, 7) is 2.67. The molecule has 0 unspecified atom stereocenters. The van der Waals surface area contributed by atoms with Crippen LogP contribution in [-0.4, -0.2) is 17.4 Å². The fourth-order valence-corrected chi connectivity index (χ4v) is 4.75. The molecule has 1 aliphatic carbocycles. The molecule has 0 atom stereocenters. The lowest BCUT2D eigenvalue weighted by Crippen LogP contribution is -2.12. The number of carbonyl (C=O) groups is 1. The molecule has 2 aromatic heterocycles. The SMILES string of the molecule is Cc1c(NC(=O)c2csc(CCN)n2)sc2c1CCCC2. The molecule has 0 spiro atoms. The Kier molecular flexibility index (Phi) is 4.37. The van der Waals surface area contributed by atoms with Crippen LogP contribution in [0.15, 0.2) is 5.38 Å². The largest absolute Gasteiger partial charge is 0.330 e. The van der Waals surface area contributed by atoms with Crippen molar-refractivity contribution in [1.82, 2.24) is 4.98 Å². The Morgan fingerprint density at radius 3 is 3.00 bits per heavy atom. The first-order valence-electron chi connectivity index (χ1n) is 7.26. The van der Waals surface area contributed by atoms with Gasteiger partial charge >= 0.3 is 0 Å². The molecule has 0 bridgehead atoms. The Morgan fingerprint density at radius 1 is 1.43 bits per heavy atom. The molecular formula is C15H19N3OS2. The van der Waals surface area contributed by atoms with Gasteiger partial charge in [-0.25, -0.2) is 4.98 Å². The monoisotopic (exact) mass is 321 g/mol. The normalized spacial score (nSPS) is 14.0. The van der Waals surface area contributed by atoms with E-state index >= 15 is 0 Å². The predicted octanol–water partition coefficient (Wildman–Crippen LogP) is 3.15. The number of thiophene rings is 1. The first-order chi connectivity index (χ1) is 10.2. The van der Waals surface area contributed by atoms with E-state index in [0.29, 0.717) is 12.2 Å². The smallest absolute Gasteiger partial charge is 0.275 e. The van der Waals surface area contributed by atoms with Gasteiger partial charge in [0.15, 0.2) is 0 Å². The molecule has 21 heavy (non-hydrogen) atoms. The third-order valence-corrected chi connectivity index (χ3v) is 6.02. The van der Waals surface area contributed by atoms with Crippen molar-refractivity contribution in [3.63, 3.8) is 0 Å². The molecular weight excluding hydrogens is 302 g/mol. The summed E-state index contributed by atoms with van der Waals surface area (Å²) < 4.78 is 0. The van der Waals surface area contributed by atoms with Crippen molar-refractivity contribution < 1.29 is 4.79 Å². The number of nitrogens with one attached hydrogen (secondary N) is 1. The summed E-state index contributed by atoms with van der Waals surface area (Å²) in [5.74, 6) is -0.115. The maximum atomic E-state index is 12.3. The van der Waals surface area contributed by atoms with E-state index in [1.807, 2.05) is 5.38 Å². The first-order valence-corrected chi connectivity index (χ1v) is 8.95. The maximum Gasteiger partial charge on any atom is 0.275 e. The number of carbonyl (C=O) groups excluding carboxylic acids is 1. The first kappa shape index (κ1) is 14.7. The molecule has 0 aromatic carbocycles. The number of fused-ring (bicyclic) bond motifs is 1. The van der Waals surface area contributed by atoms with Crippen LogP contribution in [0.1, 0.15) is 44.3 Å². The van der Waals surface area contributed by atoms with Gasteiger partial charge in [0.1, 0.15) is 5.69 Å². The number of hydrogen-bond donors (Lipinski definition) is 2. The molecule has 1 aliphatic rings. The highest BCUT2D eigenvalue weighted by Crippen LogP contribution is 2.37. The molecule has 0 aliphatic heterocycles. The molecule has 112 valence electrons. The third kappa shape index (κ3) is 3.02. The van der Waals surface area contributed by atoms with Crippen LogP contribution in [0.3, 0.4) is 0 Å². The van der Waals surface area contributed by atoms with Crippen molar-refractivity contribution in [2.45, 2.75) is 39.0 Å². The quantitative estimate of drug-likeness (QED) is 0.909. The molecule has 2 aromatic rings. The predicted molar refractivity (Wildman–Crippen MR) is 88.5 cm³/mol. The van der Waals surface area contributed by atoms with Gasteiger partial charge in [0, 0.05) is 16.7 Å². The van der Waals surface area contributed by atoms with E-state index in [1.54, 1.807) is 11.3 Å². The number of anilines is 1. The van der Waals surface area contributed by atoms with Gasteiger partial charge < -0.3 is 11.1 Å². The molecule has 4 nitrogen and oxygen atoms in total. The number of nitrogens with zero attached hydrogens (tertiary/aromatic N) is 1. The van der Waals surface area contributed by atoms with Gasteiger partial charge in [0.2, 0.25) is 0 Å². The minimum absolute atomic E-state index is 0.115. The minimum Gasteiger partial charge on any atom is -0.330 e. The second-order valence-corrected chi connectivity index (χ2v) is 7.33. The van der Waals surface area contributed by atoms with Gasteiger partial charge in [-0.15, -0.1) is 22.7 Å². The van der Waals surface area contributed by atoms with Gasteiger partial charge in [-0.05, 0) is 50.3 Å². The lowest BCUT2D eigenvalue weighted by Gasteiger charge is -2.10. The minimum atomic E-state index is -0.115. The van der Waals surface area contributed by atoms with Gasteiger partial charge in [-0.1, -0.05) is 0 Å². The zero-order valence-corrected chi connectivity index (χ0v) is 13.7. The lowest BCUT2D eigenvalue weighted by molar-refractivity contribution is 0.102. The average molecular weight is 321 g/mol. The number of nitrogens with two attached hydrogens (primary N) is 1. The Labute approximate surface area is 132 Å². The standard InChI is InChI=1S/C15H19N3OS2/c1-9-10-4-2-3-5-12(10)21-15(9)18-14(19)11-8-20-13(17-11)6-7-16/h8H,2-7,16H2,1H3,(H,18,19). The molecule has 0 fully saturated rings. The number of rotatable bonds is 4. The van der Waals surface area contributed by atoms with Crippen LogP contribution in [0, 0.1) is 6.92 Å². The summed E-state index contributed by atoms with van der Waals surface area (Å²) in [4.78, 5) is 18.1. The van der Waals surface area contributed by atoms with E-state index in [2.05, 4.69) is 17.2 Å². The number of thiazole rings is 1. The van der Waals surface area contributed by atoms with Crippen LogP contribution < -0.4 is 11.1 Å². The van der Waals surface area contributed by atoms with E-state index in [4.69, 9.17) is 5.73 Å². The fourth-order valence-electron chi connectivity index (χ4n) is 2.66. The fraction of sp³-hybridized carbons (Fsp3) is 0.467. The van der Waals surface area contributed by atoms with Crippen LogP contribution in [0.5, 0.6) is 0 Å². The summed E-state index contributed by atoms with van der Waals surface area (Å²) >= 11 is 3.22. The van der Waals surface area contributed by atoms with Crippen LogP contribution in [0.2, 0.25) is 0 Å². The molecule has 0 saturated carbocycles. The second-order valence-electron chi connectivity index (χ2n) is 5.28. The highest BCUT2D eigenvalue weighted by Gasteiger charge is 2.20. The molecule has 0 radical (unpaired) electrons. The number of aromatic nitrogens is 1. The number of aryl methyl sites for hydroxylation is 1. The number of amides is 1. The highest BCUT2D eigenvalue weighted by atomic mass is 32.1. The summed E-state index contributed by atoms with van der Waals surface area (Å²) in [5.41, 5.74) is 8.69. The summed E-state index contributed by atoms with van der Waals surface area (Å²) in [5, 5.41) is 6.75. The van der Waals surface area contributed by atoms with E-state index < -0.39 is 0 Å². The lowest BCUT2D eigenvalue weighted by atomic mass is 9.96. The molecule has 0 saturated heterocycles. The molecule has 6 heteroatoms. The summed E-state index contributed by atoms with van der Waals surface area (Å²) in [7, 11) is 0. The molecule has 1 amide bonds. The number of hydrogen-bond acceptors (Lipinski definition) is 5.